The second-order valence-electron chi connectivity index (χ2n) is 2.08. The molecule has 2 nitrogen and oxygen atoms in total. The smallest absolute Gasteiger partial charge is 0.171 e. The number of halogens is 4. The molecule has 66 valence electrons. The van der Waals surface area contributed by atoms with Crippen LogP contribution in [0.1, 0.15) is 0 Å². The predicted octanol–water partition coefficient (Wildman–Crippen LogP) is 2.65. The number of hydrogen-bond acceptors (Lipinski definition) is 2. The summed E-state index contributed by atoms with van der Waals surface area (Å²) >= 11 is 5.58. The summed E-state index contributed by atoms with van der Waals surface area (Å²) in [4.78, 5) is 0. The van der Waals surface area contributed by atoms with Gasteiger partial charge in [-0.3, -0.25) is 0 Å². The first-order valence-corrected chi connectivity index (χ1v) is 4.42. The molecule has 6 heteroatoms. The van der Waals surface area contributed by atoms with Crippen molar-refractivity contribution in [2.75, 3.05) is 11.5 Å². The van der Waals surface area contributed by atoms with Crippen LogP contribution in [0.15, 0.2) is 8.95 Å². The van der Waals surface area contributed by atoms with E-state index in [9.17, 15) is 8.78 Å². The molecule has 1 aromatic carbocycles. The molecule has 0 amide bonds. The van der Waals surface area contributed by atoms with E-state index in [1.165, 1.54) is 0 Å². The van der Waals surface area contributed by atoms with Gasteiger partial charge in [-0.2, -0.15) is 0 Å². The van der Waals surface area contributed by atoms with E-state index in [1.54, 1.807) is 0 Å². The maximum atomic E-state index is 13.0. The number of rotatable bonds is 0. The summed E-state index contributed by atoms with van der Waals surface area (Å²) in [5, 5.41) is 0. The second kappa shape index (κ2) is 3.18. The van der Waals surface area contributed by atoms with Crippen molar-refractivity contribution in [3.8, 4) is 0 Å². The molecule has 0 spiro atoms. The van der Waals surface area contributed by atoms with Gasteiger partial charge in [0.05, 0.1) is 20.3 Å². The molecule has 12 heavy (non-hydrogen) atoms. The summed E-state index contributed by atoms with van der Waals surface area (Å²) in [5.41, 5.74) is 9.73. The fourth-order valence-electron chi connectivity index (χ4n) is 0.671. The van der Waals surface area contributed by atoms with Crippen molar-refractivity contribution in [2.45, 2.75) is 0 Å². The lowest BCUT2D eigenvalue weighted by Gasteiger charge is -2.07. The molecular weight excluding hydrogens is 298 g/mol. The maximum Gasteiger partial charge on any atom is 0.171 e. The van der Waals surface area contributed by atoms with Gasteiger partial charge in [0, 0.05) is 0 Å². The zero-order valence-corrected chi connectivity index (χ0v) is 8.84. The van der Waals surface area contributed by atoms with Gasteiger partial charge >= 0.3 is 0 Å². The van der Waals surface area contributed by atoms with E-state index in [2.05, 4.69) is 31.9 Å². The minimum absolute atomic E-state index is 0.124. The Balaban J connectivity index is 3.60. The summed E-state index contributed by atoms with van der Waals surface area (Å²) in [6.45, 7) is 0. The Kier molecular flexibility index (Phi) is 2.58. The normalized spacial score (nSPS) is 10.3. The minimum Gasteiger partial charge on any atom is -0.395 e. The maximum absolute atomic E-state index is 13.0. The molecule has 0 aliphatic rings. The monoisotopic (exact) mass is 300 g/mol. The molecule has 0 saturated heterocycles. The summed E-state index contributed by atoms with van der Waals surface area (Å²) in [7, 11) is 0. The van der Waals surface area contributed by atoms with Crippen LogP contribution in [0.25, 0.3) is 0 Å². The van der Waals surface area contributed by atoms with E-state index in [0.29, 0.717) is 0 Å². The van der Waals surface area contributed by atoms with E-state index in [0.717, 1.165) is 0 Å². The van der Waals surface area contributed by atoms with Crippen molar-refractivity contribution in [1.82, 2.24) is 0 Å². The third kappa shape index (κ3) is 1.29. The fraction of sp³-hybridized carbons (Fsp3) is 0. The van der Waals surface area contributed by atoms with Crippen LogP contribution in [-0.2, 0) is 0 Å². The zero-order valence-electron chi connectivity index (χ0n) is 5.67. The SMILES string of the molecule is Nc1c(F)c(N)c(Br)c(F)c1Br. The molecule has 0 aromatic heterocycles. The van der Waals surface area contributed by atoms with E-state index in [1.807, 2.05) is 0 Å². The summed E-state index contributed by atoms with van der Waals surface area (Å²) < 4.78 is 25.7. The first-order valence-electron chi connectivity index (χ1n) is 2.83. The van der Waals surface area contributed by atoms with Crippen LogP contribution in [-0.4, -0.2) is 0 Å². The largest absolute Gasteiger partial charge is 0.395 e. The molecule has 0 bridgehead atoms. The highest BCUT2D eigenvalue weighted by Crippen LogP contribution is 2.36. The zero-order chi connectivity index (χ0) is 9.46. The van der Waals surface area contributed by atoms with Gasteiger partial charge in [-0.15, -0.1) is 0 Å². The van der Waals surface area contributed by atoms with Crippen molar-refractivity contribution in [3.05, 3.63) is 20.6 Å². The van der Waals surface area contributed by atoms with Gasteiger partial charge < -0.3 is 11.5 Å². The highest BCUT2D eigenvalue weighted by molar-refractivity contribution is 9.11. The van der Waals surface area contributed by atoms with Gasteiger partial charge in [-0.25, -0.2) is 8.78 Å². The third-order valence-electron chi connectivity index (χ3n) is 1.33. The lowest BCUT2D eigenvalue weighted by molar-refractivity contribution is 0.596. The molecule has 0 unspecified atom stereocenters. The molecule has 0 fully saturated rings. The van der Waals surface area contributed by atoms with Crippen molar-refractivity contribution >= 4 is 43.2 Å². The summed E-state index contributed by atoms with van der Waals surface area (Å²) in [6.07, 6.45) is 0. The number of benzene rings is 1. The molecule has 4 N–H and O–H groups in total. The molecule has 0 radical (unpaired) electrons. The standard InChI is InChI=1S/C6H4Br2F2N2/c7-1-3(9)2(8)6(12)4(10)5(1)11/h11-12H2. The third-order valence-corrected chi connectivity index (χ3v) is 2.88. The topological polar surface area (TPSA) is 52.0 Å². The van der Waals surface area contributed by atoms with Gasteiger partial charge in [-0.05, 0) is 31.9 Å². The van der Waals surface area contributed by atoms with Crippen LogP contribution in [0, 0.1) is 11.6 Å². The Hall–Kier alpha value is -0.360. The minimum atomic E-state index is -0.824. The number of nitrogens with two attached hydrogens (primary N) is 2. The average Bonchev–Trinajstić information content (AvgIpc) is 2.08. The van der Waals surface area contributed by atoms with Crippen LogP contribution in [0.4, 0.5) is 20.2 Å². The second-order valence-corrected chi connectivity index (χ2v) is 3.67. The lowest BCUT2D eigenvalue weighted by Crippen LogP contribution is -2.02. The summed E-state index contributed by atoms with van der Waals surface area (Å²) in [6, 6.07) is 0. The Morgan fingerprint density at radius 2 is 1.17 bits per heavy atom. The lowest BCUT2D eigenvalue weighted by atomic mass is 10.2. The Morgan fingerprint density at radius 3 is 1.50 bits per heavy atom. The molecule has 0 aliphatic carbocycles. The van der Waals surface area contributed by atoms with Gasteiger partial charge in [0.25, 0.3) is 0 Å². The van der Waals surface area contributed by atoms with Gasteiger partial charge in [0.15, 0.2) is 11.6 Å². The molecule has 0 heterocycles. The quantitative estimate of drug-likeness (QED) is 0.440. The van der Waals surface area contributed by atoms with E-state index in [4.69, 9.17) is 11.5 Å². The van der Waals surface area contributed by atoms with E-state index in [-0.39, 0.29) is 20.3 Å². The average molecular weight is 302 g/mol. The van der Waals surface area contributed by atoms with Crippen LogP contribution >= 0.6 is 31.9 Å². The molecular formula is C6H4Br2F2N2. The van der Waals surface area contributed by atoms with Crippen LogP contribution < -0.4 is 11.5 Å². The highest BCUT2D eigenvalue weighted by Gasteiger charge is 2.17. The highest BCUT2D eigenvalue weighted by atomic mass is 79.9. The summed E-state index contributed by atoms with van der Waals surface area (Å²) in [5.74, 6) is -1.53. The molecule has 0 aliphatic heterocycles. The van der Waals surface area contributed by atoms with Crippen LogP contribution in [0.3, 0.4) is 0 Å². The van der Waals surface area contributed by atoms with Crippen molar-refractivity contribution in [3.63, 3.8) is 0 Å². The first kappa shape index (κ1) is 9.73. The Morgan fingerprint density at radius 1 is 0.833 bits per heavy atom. The first-order chi connectivity index (χ1) is 5.46. The van der Waals surface area contributed by atoms with Crippen molar-refractivity contribution in [1.29, 1.82) is 0 Å². The van der Waals surface area contributed by atoms with Crippen LogP contribution in [0.2, 0.25) is 0 Å². The van der Waals surface area contributed by atoms with Crippen LogP contribution in [0.5, 0.6) is 0 Å². The Labute approximate surface area is 84.2 Å². The van der Waals surface area contributed by atoms with Gasteiger partial charge in [0.1, 0.15) is 0 Å². The van der Waals surface area contributed by atoms with Gasteiger partial charge in [-0.1, -0.05) is 0 Å². The van der Waals surface area contributed by atoms with E-state index >= 15 is 0 Å². The number of anilines is 2. The fourth-order valence-corrected chi connectivity index (χ4v) is 1.68. The van der Waals surface area contributed by atoms with Crippen molar-refractivity contribution < 1.29 is 8.78 Å². The number of hydrogen-bond donors (Lipinski definition) is 2. The van der Waals surface area contributed by atoms with E-state index < -0.39 is 11.6 Å². The van der Waals surface area contributed by atoms with Gasteiger partial charge in [0.2, 0.25) is 0 Å². The predicted molar refractivity (Wildman–Crippen MR) is 50.6 cm³/mol. The Bertz CT molecular complexity index is 236. The molecule has 0 saturated carbocycles. The molecule has 1 aromatic rings. The molecule has 0 atom stereocenters. The molecule has 1 rings (SSSR count). The van der Waals surface area contributed by atoms with Crippen molar-refractivity contribution in [2.24, 2.45) is 0 Å². The number of nitrogen functional groups attached to an aromatic ring is 2.